The number of nitrogens with zero attached hydrogens (tertiary/aromatic N) is 4. The van der Waals surface area contributed by atoms with Gasteiger partial charge in [-0.2, -0.15) is 0 Å². The standard InChI is InChI=1S/C38H55Cl2N5O3/c1-4-6-8-9-10-11-12-13-14-15-16-17-18-21-31(32(27-30-28-41-29-44(30)3)37(47)48-26-19-7-5-2)36(46)45-25-24-42-38(45)43-35-33(39)22-20-23-34(35)40/h10-11,13-14,20,22-23,28-29,31-32H,4-9,12,15-19,21,24-27H2,1-3H3,(H,42,43)/b11-10-,14-13-/t31-,32+/m0/s1. The van der Waals surface area contributed by atoms with Crippen molar-refractivity contribution in [2.75, 3.05) is 25.0 Å². The normalized spacial score (nSPS) is 14.5. The lowest BCUT2D eigenvalue weighted by Gasteiger charge is -2.30. The van der Waals surface area contributed by atoms with Crippen molar-refractivity contribution in [2.45, 2.75) is 104 Å². The molecule has 264 valence electrons. The fourth-order valence-corrected chi connectivity index (χ4v) is 6.34. The Morgan fingerprint density at radius 2 is 1.62 bits per heavy atom. The minimum absolute atomic E-state index is 0.148. The number of rotatable bonds is 22. The molecule has 1 aromatic carbocycles. The number of unbranched alkanes of at least 4 members (excludes halogenated alkanes) is 8. The second-order valence-electron chi connectivity index (χ2n) is 12.5. The van der Waals surface area contributed by atoms with E-state index < -0.39 is 11.8 Å². The van der Waals surface area contributed by atoms with Crippen molar-refractivity contribution in [1.29, 1.82) is 0 Å². The first-order valence-electron chi connectivity index (χ1n) is 17.9. The number of nitrogens with one attached hydrogen (secondary N) is 1. The van der Waals surface area contributed by atoms with Crippen LogP contribution < -0.4 is 5.32 Å². The Labute approximate surface area is 298 Å². The molecule has 0 spiro atoms. The van der Waals surface area contributed by atoms with Crippen LogP contribution in [0.4, 0.5) is 5.69 Å². The summed E-state index contributed by atoms with van der Waals surface area (Å²) in [6, 6.07) is 5.24. The third-order valence-electron chi connectivity index (χ3n) is 8.72. The topological polar surface area (TPSA) is 88.8 Å². The van der Waals surface area contributed by atoms with Gasteiger partial charge in [0.25, 0.3) is 0 Å². The molecular formula is C38H55Cl2N5O3. The van der Waals surface area contributed by atoms with Gasteiger partial charge >= 0.3 is 5.97 Å². The minimum atomic E-state index is -0.663. The summed E-state index contributed by atoms with van der Waals surface area (Å²) in [6.07, 6.45) is 25.9. The van der Waals surface area contributed by atoms with E-state index in [1.807, 2.05) is 11.6 Å². The number of ether oxygens (including phenoxy) is 1. The van der Waals surface area contributed by atoms with Gasteiger partial charge in [-0.3, -0.25) is 19.5 Å². The van der Waals surface area contributed by atoms with Gasteiger partial charge in [0.2, 0.25) is 11.9 Å². The number of imidazole rings is 1. The molecule has 2 atom stereocenters. The van der Waals surface area contributed by atoms with Gasteiger partial charge in [-0.05, 0) is 57.1 Å². The molecule has 1 aliphatic rings. The van der Waals surface area contributed by atoms with Crippen LogP contribution in [0.1, 0.15) is 103 Å². The number of allylic oxidation sites excluding steroid dienone is 4. The average Bonchev–Trinajstić information content (AvgIpc) is 3.72. The van der Waals surface area contributed by atoms with Gasteiger partial charge in [-0.1, -0.05) is 106 Å². The molecule has 0 bridgehead atoms. The third kappa shape index (κ3) is 13.1. The van der Waals surface area contributed by atoms with Crippen molar-refractivity contribution in [2.24, 2.45) is 23.9 Å². The molecule has 0 radical (unpaired) electrons. The van der Waals surface area contributed by atoms with Crippen LogP contribution in [0.15, 0.2) is 60.0 Å². The number of para-hydroxylation sites is 1. The number of aliphatic imine (C=N–C) groups is 1. The summed E-state index contributed by atoms with van der Waals surface area (Å²) in [5, 5.41) is 4.07. The van der Waals surface area contributed by atoms with Crippen LogP contribution in [0, 0.1) is 11.8 Å². The van der Waals surface area contributed by atoms with Gasteiger partial charge in [0.05, 0.1) is 47.0 Å². The number of aryl methyl sites for hydroxylation is 1. The molecular weight excluding hydrogens is 645 g/mol. The van der Waals surface area contributed by atoms with E-state index in [-0.39, 0.29) is 11.9 Å². The molecule has 1 aliphatic heterocycles. The summed E-state index contributed by atoms with van der Waals surface area (Å²) in [6.45, 7) is 5.53. The molecule has 2 heterocycles. The van der Waals surface area contributed by atoms with E-state index in [0.717, 1.165) is 63.5 Å². The van der Waals surface area contributed by atoms with Crippen LogP contribution in [0.2, 0.25) is 10.0 Å². The molecule has 0 unspecified atom stereocenters. The zero-order valence-corrected chi connectivity index (χ0v) is 30.7. The second-order valence-corrected chi connectivity index (χ2v) is 13.3. The number of carbonyl (C=O) groups is 2. The van der Waals surface area contributed by atoms with Gasteiger partial charge < -0.3 is 14.6 Å². The predicted octanol–water partition coefficient (Wildman–Crippen LogP) is 9.58. The lowest BCUT2D eigenvalue weighted by atomic mass is 9.83. The fraction of sp³-hybridized carbons (Fsp3) is 0.579. The number of halogens is 2. The Hall–Kier alpha value is -3.10. The number of guanidine groups is 1. The summed E-state index contributed by atoms with van der Waals surface area (Å²) in [7, 11) is 1.90. The van der Waals surface area contributed by atoms with Crippen LogP contribution in [0.25, 0.3) is 0 Å². The zero-order valence-electron chi connectivity index (χ0n) is 29.1. The summed E-state index contributed by atoms with van der Waals surface area (Å²) in [5.41, 5.74) is 1.38. The molecule has 0 fully saturated rings. The summed E-state index contributed by atoms with van der Waals surface area (Å²) < 4.78 is 7.72. The van der Waals surface area contributed by atoms with Crippen molar-refractivity contribution in [3.05, 3.63) is 70.8 Å². The molecule has 0 saturated heterocycles. The lowest BCUT2D eigenvalue weighted by molar-refractivity contribution is -0.154. The predicted molar refractivity (Wildman–Crippen MR) is 199 cm³/mol. The first-order valence-corrected chi connectivity index (χ1v) is 18.6. The Bertz CT molecular complexity index is 1340. The number of hydrogen-bond donors (Lipinski definition) is 1. The second kappa shape index (κ2) is 22.5. The van der Waals surface area contributed by atoms with Gasteiger partial charge in [-0.15, -0.1) is 0 Å². The van der Waals surface area contributed by atoms with Crippen LogP contribution in [0.3, 0.4) is 0 Å². The van der Waals surface area contributed by atoms with Crippen LogP contribution in [0.5, 0.6) is 0 Å². The maximum absolute atomic E-state index is 14.5. The molecule has 2 aromatic rings. The quantitative estimate of drug-likeness (QED) is 0.0751. The summed E-state index contributed by atoms with van der Waals surface area (Å²) in [5.74, 6) is -1.36. The Morgan fingerprint density at radius 1 is 0.938 bits per heavy atom. The number of amides is 1. The Morgan fingerprint density at radius 3 is 2.29 bits per heavy atom. The van der Waals surface area contributed by atoms with Gasteiger partial charge in [-0.25, -0.2) is 4.98 Å². The van der Waals surface area contributed by atoms with Crippen molar-refractivity contribution in [3.63, 3.8) is 0 Å². The molecule has 3 rings (SSSR count). The number of benzene rings is 1. The molecule has 1 amide bonds. The molecule has 10 heteroatoms. The molecule has 8 nitrogen and oxygen atoms in total. The Kier molecular flexibility index (Phi) is 18.5. The zero-order chi connectivity index (χ0) is 34.6. The highest BCUT2D eigenvalue weighted by molar-refractivity contribution is 6.39. The highest BCUT2D eigenvalue weighted by Gasteiger charge is 2.39. The summed E-state index contributed by atoms with van der Waals surface area (Å²) in [4.78, 5) is 38.8. The Balaban J connectivity index is 1.73. The lowest BCUT2D eigenvalue weighted by Crippen LogP contribution is -2.46. The van der Waals surface area contributed by atoms with E-state index in [1.165, 1.54) is 19.3 Å². The fourth-order valence-electron chi connectivity index (χ4n) is 5.85. The number of carbonyl (C=O) groups excluding carboxylic acids is 2. The highest BCUT2D eigenvalue weighted by atomic mass is 35.5. The van der Waals surface area contributed by atoms with E-state index in [0.29, 0.717) is 54.2 Å². The largest absolute Gasteiger partial charge is 0.465 e. The van der Waals surface area contributed by atoms with E-state index in [4.69, 9.17) is 27.9 Å². The molecule has 1 N–H and O–H groups in total. The first kappa shape index (κ1) is 39.3. The molecule has 0 saturated carbocycles. The maximum Gasteiger partial charge on any atom is 0.310 e. The highest BCUT2D eigenvalue weighted by Crippen LogP contribution is 2.32. The number of hydrogen-bond acceptors (Lipinski definition) is 6. The van der Waals surface area contributed by atoms with E-state index >= 15 is 0 Å². The first-order chi connectivity index (χ1) is 23.4. The SMILES string of the molecule is CCCCC/C=C\C/C=C\CCCCC[C@H](C(=O)N1CCN=C1Nc1c(Cl)cccc1Cl)[C@@H](Cc1cncn1C)C(=O)OCCCCC. The maximum atomic E-state index is 14.5. The monoisotopic (exact) mass is 699 g/mol. The van der Waals surface area contributed by atoms with Crippen LogP contribution >= 0.6 is 23.2 Å². The molecule has 1 aromatic heterocycles. The van der Waals surface area contributed by atoms with Crippen LogP contribution in [-0.2, 0) is 27.8 Å². The van der Waals surface area contributed by atoms with E-state index in [9.17, 15) is 9.59 Å². The van der Waals surface area contributed by atoms with Crippen molar-refractivity contribution in [3.8, 4) is 0 Å². The van der Waals surface area contributed by atoms with Crippen LogP contribution in [-0.4, -0.2) is 52.0 Å². The number of esters is 1. The smallest absolute Gasteiger partial charge is 0.310 e. The van der Waals surface area contributed by atoms with Gasteiger partial charge in [0, 0.05) is 31.9 Å². The number of aromatic nitrogens is 2. The van der Waals surface area contributed by atoms with Crippen molar-refractivity contribution < 1.29 is 14.3 Å². The average molecular weight is 701 g/mol. The van der Waals surface area contributed by atoms with E-state index in [1.54, 1.807) is 35.6 Å². The number of anilines is 1. The third-order valence-corrected chi connectivity index (χ3v) is 9.35. The van der Waals surface area contributed by atoms with Gasteiger partial charge in [0.15, 0.2) is 0 Å². The van der Waals surface area contributed by atoms with Gasteiger partial charge in [0.1, 0.15) is 0 Å². The minimum Gasteiger partial charge on any atom is -0.465 e. The molecule has 0 aliphatic carbocycles. The summed E-state index contributed by atoms with van der Waals surface area (Å²) >= 11 is 12.9. The van der Waals surface area contributed by atoms with E-state index in [2.05, 4.69) is 53.4 Å². The molecule has 48 heavy (non-hydrogen) atoms. The van der Waals surface area contributed by atoms with Crippen molar-refractivity contribution >= 4 is 46.7 Å². The van der Waals surface area contributed by atoms with Crippen molar-refractivity contribution in [1.82, 2.24) is 14.5 Å².